The zero-order valence-electron chi connectivity index (χ0n) is 37.9. The molecule has 0 aliphatic carbocycles. The first-order valence-electron chi connectivity index (χ1n) is 21.5. The van der Waals surface area contributed by atoms with Crippen molar-refractivity contribution in [1.82, 2.24) is 0 Å². The molecule has 0 unspecified atom stereocenters. The van der Waals surface area contributed by atoms with Crippen molar-refractivity contribution in [3.05, 3.63) is 216 Å². The summed E-state index contributed by atoms with van der Waals surface area (Å²) >= 11 is 0. The van der Waals surface area contributed by atoms with Gasteiger partial charge in [0.15, 0.2) is 0 Å². The highest BCUT2D eigenvalue weighted by Crippen LogP contribution is 2.38. The van der Waals surface area contributed by atoms with Crippen LogP contribution in [0, 0.1) is 0 Å². The Bertz CT molecular complexity index is 2610. The van der Waals surface area contributed by atoms with Gasteiger partial charge in [0.05, 0.1) is 28.4 Å². The van der Waals surface area contributed by atoms with Crippen LogP contribution in [0.3, 0.4) is 0 Å². The second-order valence-electron chi connectivity index (χ2n) is 15.1. The molecule has 10 nitrogen and oxygen atoms in total. The van der Waals surface area contributed by atoms with E-state index >= 15 is 0 Å². The summed E-state index contributed by atoms with van der Waals surface area (Å²) in [4.78, 5) is 51.1. The maximum atomic E-state index is 11.7. The van der Waals surface area contributed by atoms with E-state index < -0.39 is 23.9 Å². The summed E-state index contributed by atoms with van der Waals surface area (Å²) < 4.78 is 19.0. The Balaban J connectivity index is 1.12. The third-order valence-corrected chi connectivity index (χ3v) is 10.9. The van der Waals surface area contributed by atoms with Gasteiger partial charge in [-0.15, -0.1) is 0 Å². The van der Waals surface area contributed by atoms with Crippen LogP contribution in [-0.2, 0) is 38.1 Å². The van der Waals surface area contributed by atoms with Crippen LogP contribution in [0.1, 0.15) is 22.3 Å². The summed E-state index contributed by atoms with van der Waals surface area (Å²) in [5.74, 6) is -1.70. The first-order valence-corrected chi connectivity index (χ1v) is 21.5. The maximum Gasteiger partial charge on any atom is 0.330 e. The van der Waals surface area contributed by atoms with Crippen LogP contribution in [0.15, 0.2) is 194 Å². The second-order valence-corrected chi connectivity index (χ2v) is 15.1. The molecule has 338 valence electrons. The Labute approximate surface area is 395 Å². The van der Waals surface area contributed by atoms with Crippen LogP contribution in [0.4, 0.5) is 34.1 Å². The Hall–Kier alpha value is -9.02. The number of hydrogen-bond acceptors (Lipinski definition) is 10. The predicted octanol–water partition coefficient (Wildman–Crippen LogP) is 12.7. The maximum absolute atomic E-state index is 11.7. The van der Waals surface area contributed by atoms with E-state index in [2.05, 4.69) is 82.6 Å². The highest BCUT2D eigenvalue weighted by Gasteiger charge is 2.15. The van der Waals surface area contributed by atoms with Crippen LogP contribution in [-0.4, -0.2) is 52.3 Å². The molecule has 0 aliphatic heterocycles. The quantitative estimate of drug-likeness (QED) is 0.0528. The Kier molecular flexibility index (Phi) is 15.7. The molecule has 0 aromatic heterocycles. The third kappa shape index (κ3) is 12.2. The van der Waals surface area contributed by atoms with Crippen molar-refractivity contribution in [1.29, 1.82) is 0 Å². The normalized spacial score (nSPS) is 11.2. The van der Waals surface area contributed by atoms with E-state index in [-0.39, 0.29) is 0 Å². The number of nitrogens with zero attached hydrogens (tertiary/aromatic N) is 2. The lowest BCUT2D eigenvalue weighted by atomic mass is 9.99. The Morgan fingerprint density at radius 1 is 0.279 bits per heavy atom. The van der Waals surface area contributed by atoms with Gasteiger partial charge < -0.3 is 28.7 Å². The van der Waals surface area contributed by atoms with Gasteiger partial charge in [-0.2, -0.15) is 0 Å². The molecule has 0 amide bonds. The van der Waals surface area contributed by atoms with E-state index in [1.165, 1.54) is 52.7 Å². The average Bonchev–Trinajstić information content (AvgIpc) is 3.40. The van der Waals surface area contributed by atoms with Gasteiger partial charge in [0, 0.05) is 58.4 Å². The molecule has 0 aliphatic rings. The number of esters is 4. The molecule has 0 atom stereocenters. The van der Waals surface area contributed by atoms with Crippen LogP contribution >= 0.6 is 0 Å². The molecular formula is C58H48N2O8. The standard InChI is InChI=1S/C58H48N2O8/c1-65-55(61)37-13-41-5-25-49(26-6-41)59(50-27-7-42(8-28-50)14-38-56(62)66-2)53-33-21-47(22-34-53)45-17-19-46(20-18-45)48-23-35-54(36-24-48)60(51-29-9-43(10-30-51)15-39-57(63)67-3)52-31-11-44(12-32-52)16-40-58(64)68-4/h5-40H,1-4H3. The van der Waals surface area contributed by atoms with E-state index in [1.807, 2.05) is 97.1 Å². The van der Waals surface area contributed by atoms with Gasteiger partial charge in [-0.05, 0) is 142 Å². The smallest absolute Gasteiger partial charge is 0.330 e. The number of anilines is 6. The lowest BCUT2D eigenvalue weighted by Crippen LogP contribution is -2.09. The van der Waals surface area contributed by atoms with E-state index in [9.17, 15) is 19.2 Å². The van der Waals surface area contributed by atoms with E-state index in [0.717, 1.165) is 78.6 Å². The molecule has 0 saturated heterocycles. The minimum atomic E-state index is -0.426. The number of benzene rings is 7. The summed E-state index contributed by atoms with van der Waals surface area (Å²) in [6.07, 6.45) is 12.4. The van der Waals surface area contributed by atoms with Crippen molar-refractivity contribution in [2.24, 2.45) is 0 Å². The van der Waals surface area contributed by atoms with E-state index in [1.54, 1.807) is 24.3 Å². The number of carbonyl (C=O) groups is 4. The summed E-state index contributed by atoms with van der Waals surface area (Å²) in [7, 11) is 5.39. The lowest BCUT2D eigenvalue weighted by molar-refractivity contribution is -0.135. The number of carbonyl (C=O) groups excluding carboxylic acids is 4. The van der Waals surface area contributed by atoms with Gasteiger partial charge in [0.1, 0.15) is 0 Å². The van der Waals surface area contributed by atoms with E-state index in [0.29, 0.717) is 0 Å². The molecule has 10 heteroatoms. The Morgan fingerprint density at radius 2 is 0.441 bits per heavy atom. The molecule has 0 saturated carbocycles. The molecule has 7 aromatic carbocycles. The van der Waals surface area contributed by atoms with Crippen molar-refractivity contribution in [3.8, 4) is 22.3 Å². The van der Waals surface area contributed by atoms with Gasteiger partial charge >= 0.3 is 23.9 Å². The summed E-state index contributed by atoms with van der Waals surface area (Å²) in [5.41, 5.74) is 13.2. The zero-order valence-corrected chi connectivity index (χ0v) is 37.9. The molecule has 0 fully saturated rings. The number of rotatable bonds is 16. The number of methoxy groups -OCH3 is 4. The topological polar surface area (TPSA) is 112 Å². The molecule has 7 aromatic rings. The second kappa shape index (κ2) is 22.7. The van der Waals surface area contributed by atoms with Gasteiger partial charge in [-0.1, -0.05) is 97.1 Å². The molecule has 0 heterocycles. The van der Waals surface area contributed by atoms with Crippen molar-refractivity contribution < 1.29 is 38.1 Å². The molecule has 0 N–H and O–H groups in total. The fraction of sp³-hybridized carbons (Fsp3) is 0.0690. The minimum Gasteiger partial charge on any atom is -0.466 e. The summed E-state index contributed by atoms with van der Waals surface area (Å²) in [6.45, 7) is 0. The van der Waals surface area contributed by atoms with Gasteiger partial charge in [0.2, 0.25) is 0 Å². The van der Waals surface area contributed by atoms with Crippen LogP contribution in [0.2, 0.25) is 0 Å². The fourth-order valence-electron chi connectivity index (χ4n) is 7.22. The highest BCUT2D eigenvalue weighted by molar-refractivity contribution is 5.90. The SMILES string of the molecule is COC(=O)C=Cc1ccc(N(c2ccc(C=CC(=O)OC)cc2)c2ccc(-c3ccc(-c4ccc(N(c5ccc(C=CC(=O)OC)cc5)c5ccc(C=CC(=O)OC)cc5)cc4)cc3)cc2)cc1. The number of hydrogen-bond donors (Lipinski definition) is 0. The molecule has 0 spiro atoms. The molecule has 0 radical (unpaired) electrons. The largest absolute Gasteiger partial charge is 0.466 e. The van der Waals surface area contributed by atoms with Gasteiger partial charge in [-0.3, -0.25) is 0 Å². The Morgan fingerprint density at radius 3 is 0.618 bits per heavy atom. The van der Waals surface area contributed by atoms with E-state index in [4.69, 9.17) is 18.9 Å². The average molecular weight is 901 g/mol. The molecule has 0 bridgehead atoms. The number of ether oxygens (including phenoxy) is 4. The minimum absolute atomic E-state index is 0.426. The van der Waals surface area contributed by atoms with Crippen LogP contribution < -0.4 is 9.80 Å². The third-order valence-electron chi connectivity index (χ3n) is 10.9. The van der Waals surface area contributed by atoms with Crippen molar-refractivity contribution >= 4 is 82.3 Å². The van der Waals surface area contributed by atoms with Crippen molar-refractivity contribution in [3.63, 3.8) is 0 Å². The molecular weight excluding hydrogens is 853 g/mol. The van der Waals surface area contributed by atoms with Crippen LogP contribution in [0.5, 0.6) is 0 Å². The van der Waals surface area contributed by atoms with Crippen molar-refractivity contribution in [2.75, 3.05) is 38.2 Å². The van der Waals surface area contributed by atoms with Crippen LogP contribution in [0.25, 0.3) is 46.6 Å². The zero-order chi connectivity index (χ0) is 47.8. The monoisotopic (exact) mass is 900 g/mol. The first-order chi connectivity index (χ1) is 33.1. The van der Waals surface area contributed by atoms with Gasteiger partial charge in [0.25, 0.3) is 0 Å². The summed E-state index contributed by atoms with van der Waals surface area (Å²) in [5, 5.41) is 0. The predicted molar refractivity (Wildman–Crippen MR) is 271 cm³/mol. The summed E-state index contributed by atoms with van der Waals surface area (Å²) in [6, 6.07) is 56.7. The lowest BCUT2D eigenvalue weighted by Gasteiger charge is -2.26. The van der Waals surface area contributed by atoms with Gasteiger partial charge in [-0.25, -0.2) is 19.2 Å². The van der Waals surface area contributed by atoms with Crippen molar-refractivity contribution in [2.45, 2.75) is 0 Å². The fourth-order valence-corrected chi connectivity index (χ4v) is 7.22. The molecule has 68 heavy (non-hydrogen) atoms. The molecule has 7 rings (SSSR count). The first kappa shape index (κ1) is 47.0. The highest BCUT2D eigenvalue weighted by atomic mass is 16.5.